The van der Waals surface area contributed by atoms with E-state index in [0.717, 1.165) is 37.6 Å². The molecule has 0 N–H and O–H groups in total. The SMILES string of the molecule is Cc1cc(-c2cc(C)c3c(c2)CCO3)cc2c1OCC2. The van der Waals surface area contributed by atoms with Crippen LogP contribution in [-0.4, -0.2) is 13.2 Å². The molecule has 2 aromatic rings. The van der Waals surface area contributed by atoms with Crippen LogP contribution in [-0.2, 0) is 12.8 Å². The van der Waals surface area contributed by atoms with Gasteiger partial charge in [0.15, 0.2) is 0 Å². The average Bonchev–Trinajstić information content (AvgIpc) is 3.06. The van der Waals surface area contributed by atoms with E-state index in [1.54, 1.807) is 0 Å². The van der Waals surface area contributed by atoms with E-state index < -0.39 is 0 Å². The van der Waals surface area contributed by atoms with Gasteiger partial charge in [0.1, 0.15) is 11.5 Å². The monoisotopic (exact) mass is 266 g/mol. The lowest BCUT2D eigenvalue weighted by atomic mass is 9.95. The lowest BCUT2D eigenvalue weighted by Crippen LogP contribution is -1.90. The summed E-state index contributed by atoms with van der Waals surface area (Å²) in [5, 5.41) is 0. The summed E-state index contributed by atoms with van der Waals surface area (Å²) in [7, 11) is 0. The Morgan fingerprint density at radius 3 is 1.60 bits per heavy atom. The first kappa shape index (κ1) is 11.8. The summed E-state index contributed by atoms with van der Waals surface area (Å²) in [4.78, 5) is 0. The Hall–Kier alpha value is -1.96. The summed E-state index contributed by atoms with van der Waals surface area (Å²) >= 11 is 0. The van der Waals surface area contributed by atoms with E-state index in [1.807, 2.05) is 0 Å². The van der Waals surface area contributed by atoms with Gasteiger partial charge in [0.25, 0.3) is 0 Å². The lowest BCUT2D eigenvalue weighted by Gasteiger charge is -2.11. The van der Waals surface area contributed by atoms with Crippen LogP contribution in [0.2, 0.25) is 0 Å². The number of benzene rings is 2. The largest absolute Gasteiger partial charge is 0.493 e. The molecule has 2 aliphatic heterocycles. The van der Waals surface area contributed by atoms with Gasteiger partial charge in [-0.3, -0.25) is 0 Å². The summed E-state index contributed by atoms with van der Waals surface area (Å²) in [6.07, 6.45) is 2.05. The van der Waals surface area contributed by atoms with E-state index in [-0.39, 0.29) is 0 Å². The van der Waals surface area contributed by atoms with Crippen molar-refractivity contribution in [1.82, 2.24) is 0 Å². The van der Waals surface area contributed by atoms with Crippen molar-refractivity contribution in [3.8, 4) is 22.6 Å². The van der Waals surface area contributed by atoms with Crippen LogP contribution in [0.3, 0.4) is 0 Å². The normalized spacial score (nSPS) is 15.5. The second kappa shape index (κ2) is 4.27. The Balaban J connectivity index is 1.86. The molecule has 0 unspecified atom stereocenters. The highest BCUT2D eigenvalue weighted by Crippen LogP contribution is 2.38. The minimum Gasteiger partial charge on any atom is -0.493 e. The average molecular weight is 266 g/mol. The van der Waals surface area contributed by atoms with Crippen molar-refractivity contribution in [3.63, 3.8) is 0 Å². The molecule has 0 aliphatic carbocycles. The molecule has 0 aromatic heterocycles. The van der Waals surface area contributed by atoms with Crippen molar-refractivity contribution in [2.24, 2.45) is 0 Å². The summed E-state index contributed by atoms with van der Waals surface area (Å²) in [6.45, 7) is 5.90. The molecule has 2 heterocycles. The predicted octanol–water partition coefficient (Wildman–Crippen LogP) is 3.84. The zero-order chi connectivity index (χ0) is 13.7. The van der Waals surface area contributed by atoms with Gasteiger partial charge in [-0.1, -0.05) is 0 Å². The van der Waals surface area contributed by atoms with Crippen molar-refractivity contribution in [3.05, 3.63) is 46.5 Å². The zero-order valence-corrected chi connectivity index (χ0v) is 12.0. The first-order chi connectivity index (χ1) is 9.72. The fourth-order valence-electron chi connectivity index (χ4n) is 3.34. The summed E-state index contributed by atoms with van der Waals surface area (Å²) in [5.41, 5.74) is 7.76. The lowest BCUT2D eigenvalue weighted by molar-refractivity contribution is 0.354. The quantitative estimate of drug-likeness (QED) is 0.780. The number of hydrogen-bond donors (Lipinski definition) is 0. The van der Waals surface area contributed by atoms with Crippen LogP contribution in [0.15, 0.2) is 24.3 Å². The first-order valence-electron chi connectivity index (χ1n) is 7.25. The third kappa shape index (κ3) is 1.71. The van der Waals surface area contributed by atoms with Gasteiger partial charge in [-0.15, -0.1) is 0 Å². The third-order valence-electron chi connectivity index (χ3n) is 4.27. The Morgan fingerprint density at radius 2 is 1.15 bits per heavy atom. The van der Waals surface area contributed by atoms with Gasteiger partial charge in [-0.25, -0.2) is 0 Å². The topological polar surface area (TPSA) is 18.5 Å². The van der Waals surface area contributed by atoms with Gasteiger partial charge in [-0.05, 0) is 71.5 Å². The first-order valence-corrected chi connectivity index (χ1v) is 7.25. The number of aryl methyl sites for hydroxylation is 2. The molecule has 0 saturated carbocycles. The van der Waals surface area contributed by atoms with Gasteiger partial charge < -0.3 is 9.47 Å². The number of fused-ring (bicyclic) bond motifs is 2. The fraction of sp³-hybridized carbons (Fsp3) is 0.333. The molecule has 0 atom stereocenters. The van der Waals surface area contributed by atoms with Crippen LogP contribution < -0.4 is 9.47 Å². The maximum atomic E-state index is 5.70. The minimum absolute atomic E-state index is 0.816. The molecule has 0 fully saturated rings. The van der Waals surface area contributed by atoms with E-state index in [9.17, 15) is 0 Å². The molecule has 0 amide bonds. The van der Waals surface area contributed by atoms with Crippen molar-refractivity contribution in [1.29, 1.82) is 0 Å². The van der Waals surface area contributed by atoms with Crippen molar-refractivity contribution in [2.75, 3.05) is 13.2 Å². The molecular formula is C18H18O2. The number of ether oxygens (including phenoxy) is 2. The van der Waals surface area contributed by atoms with Gasteiger partial charge in [0, 0.05) is 12.8 Å². The number of hydrogen-bond acceptors (Lipinski definition) is 2. The molecule has 2 aliphatic rings. The molecule has 0 saturated heterocycles. The smallest absolute Gasteiger partial charge is 0.125 e. The molecule has 0 spiro atoms. The highest BCUT2D eigenvalue weighted by atomic mass is 16.5. The van der Waals surface area contributed by atoms with Gasteiger partial charge >= 0.3 is 0 Å². The van der Waals surface area contributed by atoms with E-state index >= 15 is 0 Å². The van der Waals surface area contributed by atoms with Crippen molar-refractivity contribution < 1.29 is 9.47 Å². The summed E-state index contributed by atoms with van der Waals surface area (Å²) in [5.74, 6) is 2.19. The predicted molar refractivity (Wildman–Crippen MR) is 79.8 cm³/mol. The van der Waals surface area contributed by atoms with E-state index in [4.69, 9.17) is 9.47 Å². The summed E-state index contributed by atoms with van der Waals surface area (Å²) in [6, 6.07) is 9.04. The van der Waals surface area contributed by atoms with E-state index in [1.165, 1.54) is 33.4 Å². The fourth-order valence-corrected chi connectivity index (χ4v) is 3.34. The molecule has 0 radical (unpaired) electrons. The second-order valence-electron chi connectivity index (χ2n) is 5.76. The molecule has 20 heavy (non-hydrogen) atoms. The van der Waals surface area contributed by atoms with Crippen LogP contribution in [0.5, 0.6) is 11.5 Å². The minimum atomic E-state index is 0.816. The molecule has 2 aromatic carbocycles. The molecule has 2 heteroatoms. The molecule has 4 rings (SSSR count). The van der Waals surface area contributed by atoms with Gasteiger partial charge in [0.05, 0.1) is 13.2 Å². The van der Waals surface area contributed by atoms with Crippen LogP contribution in [0, 0.1) is 13.8 Å². The summed E-state index contributed by atoms with van der Waals surface area (Å²) < 4.78 is 11.4. The Labute approximate surface area is 119 Å². The standard InChI is InChI=1S/C18H18O2/c1-11-7-15(9-13-3-5-19-17(11)13)16-8-12(2)18-14(10-16)4-6-20-18/h7-10H,3-6H2,1-2H3. The van der Waals surface area contributed by atoms with Crippen LogP contribution in [0.1, 0.15) is 22.3 Å². The highest BCUT2D eigenvalue weighted by Gasteiger charge is 2.19. The van der Waals surface area contributed by atoms with Crippen LogP contribution in [0.25, 0.3) is 11.1 Å². The molecular weight excluding hydrogens is 248 g/mol. The van der Waals surface area contributed by atoms with Crippen molar-refractivity contribution in [2.45, 2.75) is 26.7 Å². The van der Waals surface area contributed by atoms with E-state index in [2.05, 4.69) is 38.1 Å². The second-order valence-corrected chi connectivity index (χ2v) is 5.76. The highest BCUT2D eigenvalue weighted by molar-refractivity contribution is 5.71. The maximum absolute atomic E-state index is 5.70. The van der Waals surface area contributed by atoms with Gasteiger partial charge in [0.2, 0.25) is 0 Å². The van der Waals surface area contributed by atoms with E-state index in [0.29, 0.717) is 0 Å². The Bertz CT molecular complexity index is 640. The maximum Gasteiger partial charge on any atom is 0.125 e. The Kier molecular flexibility index (Phi) is 2.53. The van der Waals surface area contributed by atoms with Crippen LogP contribution >= 0.6 is 0 Å². The number of rotatable bonds is 1. The molecule has 0 bridgehead atoms. The Morgan fingerprint density at radius 1 is 0.700 bits per heavy atom. The third-order valence-corrected chi connectivity index (χ3v) is 4.27. The zero-order valence-electron chi connectivity index (χ0n) is 12.0. The van der Waals surface area contributed by atoms with Gasteiger partial charge in [-0.2, -0.15) is 0 Å². The van der Waals surface area contributed by atoms with Crippen molar-refractivity contribution >= 4 is 0 Å². The molecule has 2 nitrogen and oxygen atoms in total. The van der Waals surface area contributed by atoms with Crippen LogP contribution in [0.4, 0.5) is 0 Å². The molecule has 102 valence electrons.